The van der Waals surface area contributed by atoms with Crippen molar-refractivity contribution in [3.63, 3.8) is 0 Å². The summed E-state index contributed by atoms with van der Waals surface area (Å²) in [6, 6.07) is 14.4. The molecule has 4 heterocycles. The van der Waals surface area contributed by atoms with Gasteiger partial charge in [-0.2, -0.15) is 0 Å². The molecule has 4 aromatic heterocycles. The standard InChI is InChI=1S/C34H38N8O12/c43-27-13-3-9-23(39(27)51)31(47)35-17-7-21-37(33(49)25-11-5-15-29(45)41(25)53)19-1-2-20-38(34(50)26-12-6-16-30(46)42(26)54)22-8-18-36-32(48)24-10-4-14-28(44)40(24)52/h3-6,9-16,51-54H,1-2,7-8,17-22H2,(H,35,47)(H,36,48)/i19+2,20+2. The molecular formula is C34H38N8O12. The number of pyridine rings is 4. The minimum absolute atomic E-state index is 0.00576. The summed E-state index contributed by atoms with van der Waals surface area (Å²) in [7, 11) is 0. The van der Waals surface area contributed by atoms with E-state index in [4.69, 9.17) is 0 Å². The lowest BCUT2D eigenvalue weighted by Crippen LogP contribution is -2.40. The van der Waals surface area contributed by atoms with Gasteiger partial charge in [-0.05, 0) is 49.9 Å². The number of hydrogen-bond donors (Lipinski definition) is 6. The van der Waals surface area contributed by atoms with Crippen LogP contribution in [-0.4, -0.2) is 112 Å². The van der Waals surface area contributed by atoms with Crippen LogP contribution in [0.15, 0.2) is 92.0 Å². The minimum Gasteiger partial charge on any atom is -0.425 e. The molecule has 0 spiro atoms. The van der Waals surface area contributed by atoms with E-state index in [2.05, 4.69) is 10.6 Å². The van der Waals surface area contributed by atoms with Gasteiger partial charge in [0.2, 0.25) is 0 Å². The average Bonchev–Trinajstić information content (AvgIpc) is 3.15. The third kappa shape index (κ3) is 9.80. The van der Waals surface area contributed by atoms with Gasteiger partial charge in [-0.15, -0.1) is 18.9 Å². The highest BCUT2D eigenvalue weighted by Crippen LogP contribution is 2.09. The van der Waals surface area contributed by atoms with Crippen LogP contribution in [0.1, 0.15) is 67.6 Å². The van der Waals surface area contributed by atoms with E-state index >= 15 is 0 Å². The van der Waals surface area contributed by atoms with Crippen LogP contribution in [0.3, 0.4) is 0 Å². The molecular weight excluding hydrogens is 716 g/mol. The highest BCUT2D eigenvalue weighted by molar-refractivity contribution is 5.94. The predicted molar refractivity (Wildman–Crippen MR) is 186 cm³/mol. The molecule has 6 N–H and O–H groups in total. The third-order valence-corrected chi connectivity index (χ3v) is 8.08. The Hall–Kier alpha value is -7.12. The van der Waals surface area contributed by atoms with E-state index in [1.165, 1.54) is 58.3 Å². The summed E-state index contributed by atoms with van der Waals surface area (Å²) in [6.45, 7) is 0.166. The lowest BCUT2D eigenvalue weighted by Gasteiger charge is -2.26. The van der Waals surface area contributed by atoms with Crippen molar-refractivity contribution in [1.29, 1.82) is 0 Å². The molecule has 0 aliphatic rings. The fourth-order valence-electron chi connectivity index (χ4n) is 5.28. The van der Waals surface area contributed by atoms with E-state index in [1.54, 1.807) is 0 Å². The maximum Gasteiger partial charge on any atom is 0.283 e. The van der Waals surface area contributed by atoms with Crippen molar-refractivity contribution < 1.29 is 40.0 Å². The van der Waals surface area contributed by atoms with Crippen LogP contribution in [0.25, 0.3) is 0 Å². The highest BCUT2D eigenvalue weighted by Gasteiger charge is 2.22. The summed E-state index contributed by atoms with van der Waals surface area (Å²) < 4.78 is 0.806. The summed E-state index contributed by atoms with van der Waals surface area (Å²) in [5, 5.41) is 45.2. The number of carbonyl (C=O) groups excluding carboxylic acids is 4. The number of carbonyl (C=O) groups is 4. The number of rotatable bonds is 17. The smallest absolute Gasteiger partial charge is 0.283 e. The Bertz CT molecular complexity index is 2090. The molecule has 0 saturated carbocycles. The van der Waals surface area contributed by atoms with Crippen LogP contribution in [0.5, 0.6) is 0 Å². The fourth-order valence-corrected chi connectivity index (χ4v) is 5.28. The van der Waals surface area contributed by atoms with E-state index in [0.717, 1.165) is 24.3 Å². The van der Waals surface area contributed by atoms with Gasteiger partial charge in [-0.25, -0.2) is 0 Å². The SMILES string of the molecule is O=C(NCCCN([14CH2]CC[14CH2]N(CCCNC(=O)c1cccc(=O)n1O)C(=O)c1cccc(=O)n1O)C(=O)c1cccc(=O)n1O)c1cccc(=O)n1O. The van der Waals surface area contributed by atoms with Gasteiger partial charge < -0.3 is 41.3 Å². The van der Waals surface area contributed by atoms with Crippen LogP contribution in [0.4, 0.5) is 0 Å². The number of aromatic nitrogens is 4. The first kappa shape index (κ1) is 39.7. The zero-order valence-electron chi connectivity index (χ0n) is 28.7. The predicted octanol–water partition coefficient (Wildman–Crippen LogP) is -0.712. The van der Waals surface area contributed by atoms with E-state index in [0.29, 0.717) is 0 Å². The Morgan fingerprint density at radius 2 is 0.796 bits per heavy atom. The van der Waals surface area contributed by atoms with Crippen LogP contribution in [0, 0.1) is 0 Å². The maximum atomic E-state index is 13.5. The van der Waals surface area contributed by atoms with Crippen molar-refractivity contribution >= 4 is 23.6 Å². The Labute approximate surface area is 304 Å². The molecule has 0 atom stereocenters. The van der Waals surface area contributed by atoms with Gasteiger partial charge in [0.05, 0.1) is 0 Å². The molecule has 4 rings (SSSR count). The van der Waals surface area contributed by atoms with Crippen LogP contribution in [0.2, 0.25) is 0 Å². The molecule has 0 radical (unpaired) electrons. The van der Waals surface area contributed by atoms with E-state index in [-0.39, 0.29) is 107 Å². The molecule has 286 valence electrons. The summed E-state index contributed by atoms with van der Waals surface area (Å²) >= 11 is 0. The van der Waals surface area contributed by atoms with Crippen LogP contribution in [-0.2, 0) is 0 Å². The lowest BCUT2D eigenvalue weighted by atomic mass is 10.3. The number of amides is 4. The first-order valence-electron chi connectivity index (χ1n) is 16.6. The van der Waals surface area contributed by atoms with Gasteiger partial charge in [0.25, 0.3) is 45.9 Å². The molecule has 0 fully saturated rings. The molecule has 0 aliphatic carbocycles. The van der Waals surface area contributed by atoms with Crippen molar-refractivity contribution in [1.82, 2.24) is 39.4 Å². The second-order valence-corrected chi connectivity index (χ2v) is 11.8. The highest BCUT2D eigenvalue weighted by atomic mass is 16.5. The van der Waals surface area contributed by atoms with E-state index < -0.39 is 45.9 Å². The first-order chi connectivity index (χ1) is 25.8. The molecule has 20 heteroatoms. The van der Waals surface area contributed by atoms with Crippen molar-refractivity contribution in [3.8, 4) is 0 Å². The van der Waals surface area contributed by atoms with Crippen molar-refractivity contribution in [2.75, 3.05) is 39.3 Å². The zero-order valence-corrected chi connectivity index (χ0v) is 28.7. The number of unbranched alkanes of at least 4 members (excludes halogenated alkanes) is 1. The van der Waals surface area contributed by atoms with Gasteiger partial charge in [-0.3, -0.25) is 38.4 Å². The topological polar surface area (TPSA) is 268 Å². The summed E-state index contributed by atoms with van der Waals surface area (Å²) in [4.78, 5) is 102. The van der Waals surface area contributed by atoms with Gasteiger partial charge in [0.15, 0.2) is 0 Å². The van der Waals surface area contributed by atoms with Crippen molar-refractivity contribution in [2.45, 2.75) is 25.7 Å². The van der Waals surface area contributed by atoms with E-state index in [1.807, 2.05) is 0 Å². The molecule has 20 nitrogen and oxygen atoms in total. The fraction of sp³-hybridized carbons (Fsp3) is 0.294. The Morgan fingerprint density at radius 3 is 1.13 bits per heavy atom. The van der Waals surface area contributed by atoms with Gasteiger partial charge in [0, 0.05) is 63.5 Å². The molecule has 0 aliphatic heterocycles. The van der Waals surface area contributed by atoms with E-state index in [9.17, 15) is 59.2 Å². The van der Waals surface area contributed by atoms with Crippen molar-refractivity contribution in [3.05, 3.63) is 137 Å². The second kappa shape index (κ2) is 18.4. The molecule has 0 aromatic carbocycles. The second-order valence-electron chi connectivity index (χ2n) is 11.8. The summed E-state index contributed by atoms with van der Waals surface area (Å²) in [6.07, 6.45) is 0.891. The molecule has 4 aromatic rings. The molecule has 54 heavy (non-hydrogen) atoms. The summed E-state index contributed by atoms with van der Waals surface area (Å²) in [5.41, 5.74) is -4.53. The van der Waals surface area contributed by atoms with Crippen LogP contribution >= 0.6 is 0 Å². The molecule has 0 bridgehead atoms. The van der Waals surface area contributed by atoms with Gasteiger partial charge in [-0.1, -0.05) is 24.3 Å². The Kier molecular flexibility index (Phi) is 13.5. The summed E-state index contributed by atoms with van der Waals surface area (Å²) in [5.74, 6) is -2.91. The minimum atomic E-state index is -0.839. The monoisotopic (exact) mass is 754 g/mol. The largest absolute Gasteiger partial charge is 0.425 e. The normalized spacial score (nSPS) is 10.7. The Morgan fingerprint density at radius 1 is 0.500 bits per heavy atom. The number of nitrogens with one attached hydrogen (secondary N) is 2. The maximum absolute atomic E-state index is 13.5. The zero-order chi connectivity index (χ0) is 39.4. The Balaban J connectivity index is 1.41. The third-order valence-electron chi connectivity index (χ3n) is 8.08. The first-order valence-corrected chi connectivity index (χ1v) is 16.6. The quantitative estimate of drug-likeness (QED) is 0.0577. The number of hydrogen-bond acceptors (Lipinski definition) is 12. The van der Waals surface area contributed by atoms with Gasteiger partial charge in [0.1, 0.15) is 22.8 Å². The number of nitrogens with zero attached hydrogens (tertiary/aromatic N) is 6. The molecule has 4 amide bonds. The van der Waals surface area contributed by atoms with Gasteiger partial charge >= 0.3 is 0 Å². The van der Waals surface area contributed by atoms with Crippen molar-refractivity contribution in [2.24, 2.45) is 0 Å². The molecule has 0 saturated heterocycles. The molecule has 0 unspecified atom stereocenters. The average molecular weight is 755 g/mol. The van der Waals surface area contributed by atoms with Crippen LogP contribution < -0.4 is 32.9 Å². The lowest BCUT2D eigenvalue weighted by molar-refractivity contribution is 0.0657.